The van der Waals surface area contributed by atoms with E-state index in [1.54, 1.807) is 11.3 Å². The van der Waals surface area contributed by atoms with Crippen molar-refractivity contribution in [1.29, 1.82) is 0 Å². The summed E-state index contributed by atoms with van der Waals surface area (Å²) in [7, 11) is 0. The number of thiazole rings is 1. The third-order valence-electron chi connectivity index (χ3n) is 4.96. The number of aryl methyl sites for hydroxylation is 1. The average molecular weight is 293 g/mol. The average Bonchev–Trinajstić information content (AvgIpc) is 2.81. The Morgan fingerprint density at radius 1 is 1.30 bits per heavy atom. The van der Waals surface area contributed by atoms with Gasteiger partial charge in [-0.15, -0.1) is 11.3 Å². The van der Waals surface area contributed by atoms with Gasteiger partial charge >= 0.3 is 5.97 Å². The molecule has 4 heteroatoms. The number of carbonyl (C=O) groups is 1. The summed E-state index contributed by atoms with van der Waals surface area (Å²) < 4.78 is 0. The molecule has 0 bridgehead atoms. The van der Waals surface area contributed by atoms with E-state index in [1.807, 2.05) is 0 Å². The van der Waals surface area contributed by atoms with E-state index < -0.39 is 5.97 Å². The summed E-state index contributed by atoms with van der Waals surface area (Å²) in [5.74, 6) is -0.496. The van der Waals surface area contributed by atoms with Gasteiger partial charge in [0.1, 0.15) is 0 Å². The van der Waals surface area contributed by atoms with Gasteiger partial charge in [0.15, 0.2) is 0 Å². The lowest BCUT2D eigenvalue weighted by atomic mass is 9.73. The molecule has 0 amide bonds. The minimum Gasteiger partial charge on any atom is -0.481 e. The van der Waals surface area contributed by atoms with Gasteiger partial charge in [0.2, 0.25) is 0 Å². The van der Waals surface area contributed by atoms with Crippen LogP contribution in [-0.2, 0) is 11.2 Å². The Labute approximate surface area is 124 Å². The summed E-state index contributed by atoms with van der Waals surface area (Å²) in [6.07, 6.45) is 7.68. The molecule has 0 aromatic carbocycles. The maximum Gasteiger partial charge on any atom is 0.312 e. The van der Waals surface area contributed by atoms with Crippen molar-refractivity contribution in [2.45, 2.75) is 70.6 Å². The Hall–Kier alpha value is -0.900. The van der Waals surface area contributed by atoms with Crippen LogP contribution in [0.3, 0.4) is 0 Å². The first-order chi connectivity index (χ1) is 9.46. The molecule has 0 aliphatic heterocycles. The van der Waals surface area contributed by atoms with E-state index in [0.29, 0.717) is 11.3 Å². The zero-order valence-corrected chi connectivity index (χ0v) is 13.1. The van der Waals surface area contributed by atoms with Crippen LogP contribution in [0.2, 0.25) is 0 Å². The molecular weight excluding hydrogens is 270 g/mol. The number of rotatable bonds is 2. The van der Waals surface area contributed by atoms with Crippen molar-refractivity contribution < 1.29 is 9.90 Å². The van der Waals surface area contributed by atoms with Gasteiger partial charge in [0.25, 0.3) is 0 Å². The van der Waals surface area contributed by atoms with Crippen LogP contribution in [0.25, 0.3) is 0 Å². The molecule has 0 saturated heterocycles. The number of nitrogens with zero attached hydrogens (tertiary/aromatic N) is 1. The number of fused-ring (bicyclic) bond motifs is 1. The van der Waals surface area contributed by atoms with Gasteiger partial charge in [0, 0.05) is 10.8 Å². The molecule has 110 valence electrons. The maximum atomic E-state index is 11.4. The quantitative estimate of drug-likeness (QED) is 0.883. The number of hydrogen-bond donors (Lipinski definition) is 1. The molecule has 1 aromatic heterocycles. The Bertz CT molecular complexity index is 511. The van der Waals surface area contributed by atoms with Gasteiger partial charge in [0.05, 0.1) is 16.6 Å². The lowest BCUT2D eigenvalue weighted by molar-refractivity contribution is -0.139. The predicted octanol–water partition coefficient (Wildman–Crippen LogP) is 4.33. The summed E-state index contributed by atoms with van der Waals surface area (Å²) in [6, 6.07) is 0. The molecular formula is C16H23NO2S. The summed E-state index contributed by atoms with van der Waals surface area (Å²) in [5.41, 5.74) is 1.35. The molecule has 1 aromatic rings. The van der Waals surface area contributed by atoms with E-state index in [0.717, 1.165) is 25.0 Å². The minimum absolute atomic E-state index is 0.358. The Kier molecular flexibility index (Phi) is 3.61. The molecule has 3 nitrogen and oxygen atoms in total. The Morgan fingerprint density at radius 2 is 2.00 bits per heavy atom. The van der Waals surface area contributed by atoms with Gasteiger partial charge in [-0.1, -0.05) is 13.8 Å². The topological polar surface area (TPSA) is 50.2 Å². The second kappa shape index (κ2) is 5.14. The highest BCUT2D eigenvalue weighted by atomic mass is 32.1. The smallest absolute Gasteiger partial charge is 0.312 e. The monoisotopic (exact) mass is 293 g/mol. The Morgan fingerprint density at radius 3 is 2.65 bits per heavy atom. The molecule has 1 fully saturated rings. The van der Waals surface area contributed by atoms with E-state index in [-0.39, 0.29) is 5.92 Å². The van der Waals surface area contributed by atoms with E-state index in [9.17, 15) is 9.90 Å². The third kappa shape index (κ3) is 2.62. The standard InChI is InChI=1S/C16H23NO2S/c1-16(2)8-6-10(7-9-16)14-17-13-11(15(18)19)4-3-5-12(13)20-14/h10-11H,3-9H2,1-2H3,(H,18,19). The third-order valence-corrected chi connectivity index (χ3v) is 6.25. The van der Waals surface area contributed by atoms with Crippen LogP contribution in [0.15, 0.2) is 0 Å². The summed E-state index contributed by atoms with van der Waals surface area (Å²) in [6.45, 7) is 4.69. The van der Waals surface area contributed by atoms with Gasteiger partial charge in [-0.3, -0.25) is 4.79 Å². The lowest BCUT2D eigenvalue weighted by Crippen LogP contribution is -2.20. The number of hydrogen-bond acceptors (Lipinski definition) is 3. The molecule has 1 saturated carbocycles. The van der Waals surface area contributed by atoms with Crippen LogP contribution in [0.1, 0.15) is 79.8 Å². The summed E-state index contributed by atoms with van der Waals surface area (Å²) >= 11 is 1.79. The second-order valence-electron chi connectivity index (χ2n) is 7.08. The molecule has 20 heavy (non-hydrogen) atoms. The number of aromatic nitrogens is 1. The van der Waals surface area contributed by atoms with E-state index in [2.05, 4.69) is 13.8 Å². The van der Waals surface area contributed by atoms with E-state index in [1.165, 1.54) is 35.6 Å². The second-order valence-corrected chi connectivity index (χ2v) is 8.20. The summed E-state index contributed by atoms with van der Waals surface area (Å²) in [4.78, 5) is 17.4. The predicted molar refractivity (Wildman–Crippen MR) is 80.4 cm³/mol. The zero-order valence-electron chi connectivity index (χ0n) is 12.3. The SMILES string of the molecule is CC1(C)CCC(c2nc3c(s2)CCCC3C(=O)O)CC1. The largest absolute Gasteiger partial charge is 0.481 e. The van der Waals surface area contributed by atoms with Crippen molar-refractivity contribution in [3.05, 3.63) is 15.6 Å². The highest BCUT2D eigenvalue weighted by molar-refractivity contribution is 7.11. The molecule has 2 aliphatic carbocycles. The fourth-order valence-electron chi connectivity index (χ4n) is 3.50. The fourth-order valence-corrected chi connectivity index (χ4v) is 4.84. The molecule has 1 atom stereocenters. The van der Waals surface area contributed by atoms with Crippen LogP contribution >= 0.6 is 11.3 Å². The fraction of sp³-hybridized carbons (Fsp3) is 0.750. The molecule has 1 N–H and O–H groups in total. The van der Waals surface area contributed by atoms with E-state index in [4.69, 9.17) is 4.98 Å². The molecule has 3 rings (SSSR count). The van der Waals surface area contributed by atoms with E-state index >= 15 is 0 Å². The zero-order chi connectivity index (χ0) is 14.3. The minimum atomic E-state index is -0.701. The first-order valence-electron chi connectivity index (χ1n) is 7.68. The van der Waals surface area contributed by atoms with Crippen molar-refractivity contribution in [3.63, 3.8) is 0 Å². The number of carboxylic acid groups (broad SMARTS) is 1. The van der Waals surface area contributed by atoms with Crippen LogP contribution in [0.4, 0.5) is 0 Å². The highest BCUT2D eigenvalue weighted by Crippen LogP contribution is 2.45. The molecule has 1 heterocycles. The van der Waals surface area contributed by atoms with Gasteiger partial charge < -0.3 is 5.11 Å². The van der Waals surface area contributed by atoms with Crippen molar-refractivity contribution in [2.75, 3.05) is 0 Å². The van der Waals surface area contributed by atoms with Gasteiger partial charge in [-0.25, -0.2) is 4.98 Å². The van der Waals surface area contributed by atoms with Crippen molar-refractivity contribution in [2.24, 2.45) is 5.41 Å². The van der Waals surface area contributed by atoms with Crippen LogP contribution in [0, 0.1) is 5.41 Å². The molecule has 0 radical (unpaired) electrons. The highest BCUT2D eigenvalue weighted by Gasteiger charge is 2.33. The number of aliphatic carboxylic acids is 1. The number of carboxylic acids is 1. The van der Waals surface area contributed by atoms with Gasteiger partial charge in [-0.05, 0) is 50.4 Å². The molecule has 1 unspecified atom stereocenters. The van der Waals surface area contributed by atoms with Crippen molar-refractivity contribution in [1.82, 2.24) is 4.98 Å². The maximum absolute atomic E-state index is 11.4. The van der Waals surface area contributed by atoms with Crippen molar-refractivity contribution in [3.8, 4) is 0 Å². The van der Waals surface area contributed by atoms with Crippen molar-refractivity contribution >= 4 is 17.3 Å². The molecule has 2 aliphatic rings. The normalized spacial score (nSPS) is 26.2. The summed E-state index contributed by atoms with van der Waals surface area (Å²) in [5, 5.41) is 10.5. The van der Waals surface area contributed by atoms with Crippen LogP contribution in [-0.4, -0.2) is 16.1 Å². The first-order valence-corrected chi connectivity index (χ1v) is 8.50. The lowest BCUT2D eigenvalue weighted by Gasteiger charge is -2.33. The van der Waals surface area contributed by atoms with Crippen LogP contribution < -0.4 is 0 Å². The molecule has 0 spiro atoms. The van der Waals surface area contributed by atoms with Gasteiger partial charge in [-0.2, -0.15) is 0 Å². The Balaban J connectivity index is 1.81. The first kappa shape index (κ1) is 14.1. The van der Waals surface area contributed by atoms with Crippen LogP contribution in [0.5, 0.6) is 0 Å².